The molecule has 0 bridgehead atoms. The first kappa shape index (κ1) is 15.5. The van der Waals surface area contributed by atoms with E-state index in [1.54, 1.807) is 31.2 Å². The van der Waals surface area contributed by atoms with Crippen LogP contribution >= 0.6 is 0 Å². The van der Waals surface area contributed by atoms with Gasteiger partial charge in [0.05, 0.1) is 11.3 Å². The highest BCUT2D eigenvalue weighted by Crippen LogP contribution is 2.22. The van der Waals surface area contributed by atoms with Gasteiger partial charge in [0.15, 0.2) is 0 Å². The van der Waals surface area contributed by atoms with Crippen molar-refractivity contribution in [2.75, 3.05) is 5.32 Å². The first-order chi connectivity index (χ1) is 10.5. The fourth-order valence-electron chi connectivity index (χ4n) is 1.90. The number of carboxylic acid groups (broad SMARTS) is 1. The second-order valence-corrected chi connectivity index (χ2v) is 4.66. The second-order valence-electron chi connectivity index (χ2n) is 4.66. The highest BCUT2D eigenvalue weighted by molar-refractivity contribution is 5.99. The maximum absolute atomic E-state index is 13.9. The summed E-state index contributed by atoms with van der Waals surface area (Å²) in [5.74, 6) is -2.16. The van der Waals surface area contributed by atoms with E-state index in [9.17, 15) is 14.0 Å². The number of benzene rings is 2. The molecule has 0 heterocycles. The number of carboxylic acids is 1. The average Bonchev–Trinajstić information content (AvgIpc) is 2.48. The molecule has 2 N–H and O–H groups in total. The van der Waals surface area contributed by atoms with Gasteiger partial charge in [0, 0.05) is 0 Å². The summed E-state index contributed by atoms with van der Waals surface area (Å²) < 4.78 is 18.8. The van der Waals surface area contributed by atoms with Crippen LogP contribution in [-0.4, -0.2) is 17.2 Å². The van der Waals surface area contributed by atoms with Gasteiger partial charge in [-0.3, -0.25) is 5.32 Å². The molecule has 0 aliphatic heterocycles. The summed E-state index contributed by atoms with van der Waals surface area (Å²) in [6, 6.07) is 11.4. The Bertz CT molecular complexity index is 701. The number of halogens is 1. The van der Waals surface area contributed by atoms with Crippen LogP contribution in [0.2, 0.25) is 0 Å². The Morgan fingerprint density at radius 3 is 2.55 bits per heavy atom. The summed E-state index contributed by atoms with van der Waals surface area (Å²) >= 11 is 0. The van der Waals surface area contributed by atoms with Gasteiger partial charge in [-0.05, 0) is 30.2 Å². The van der Waals surface area contributed by atoms with E-state index < -0.39 is 23.6 Å². The van der Waals surface area contributed by atoms with Gasteiger partial charge in [0.2, 0.25) is 0 Å². The molecule has 0 aromatic heterocycles. The van der Waals surface area contributed by atoms with E-state index >= 15 is 0 Å². The van der Waals surface area contributed by atoms with Crippen molar-refractivity contribution in [1.82, 2.24) is 0 Å². The fraction of sp³-hybridized carbons (Fsp3) is 0.125. The molecule has 0 unspecified atom stereocenters. The average molecular weight is 303 g/mol. The molecule has 5 nitrogen and oxygen atoms in total. The van der Waals surface area contributed by atoms with Crippen LogP contribution in [0.1, 0.15) is 21.5 Å². The molecule has 6 heteroatoms. The largest absolute Gasteiger partial charge is 0.478 e. The van der Waals surface area contributed by atoms with Crippen molar-refractivity contribution in [3.8, 4) is 0 Å². The molecule has 0 saturated carbocycles. The third-order valence-corrected chi connectivity index (χ3v) is 2.90. The standard InChI is InChI=1S/C16H14FNO4/c1-10-7-12(15(19)20)14(13(17)8-10)18-16(21)22-9-11-5-3-2-4-6-11/h2-8H,9H2,1H3,(H,18,21)(H,19,20). The summed E-state index contributed by atoms with van der Waals surface area (Å²) in [4.78, 5) is 22.8. The summed E-state index contributed by atoms with van der Waals surface area (Å²) in [7, 11) is 0. The number of anilines is 1. The first-order valence-electron chi connectivity index (χ1n) is 6.48. The van der Waals surface area contributed by atoms with Crippen LogP contribution < -0.4 is 5.32 Å². The molecule has 0 aliphatic carbocycles. The number of ether oxygens (including phenoxy) is 1. The Kier molecular flexibility index (Phi) is 4.73. The third-order valence-electron chi connectivity index (χ3n) is 2.90. The van der Waals surface area contributed by atoms with Gasteiger partial charge in [-0.2, -0.15) is 0 Å². The van der Waals surface area contributed by atoms with Gasteiger partial charge < -0.3 is 9.84 Å². The van der Waals surface area contributed by atoms with Gasteiger partial charge in [-0.25, -0.2) is 14.0 Å². The van der Waals surface area contributed by atoms with Crippen molar-refractivity contribution < 1.29 is 23.8 Å². The van der Waals surface area contributed by atoms with Crippen LogP contribution in [0.4, 0.5) is 14.9 Å². The number of carbonyl (C=O) groups is 2. The van der Waals surface area contributed by atoms with Crippen molar-refractivity contribution in [2.24, 2.45) is 0 Å². The van der Waals surface area contributed by atoms with E-state index in [1.165, 1.54) is 6.07 Å². The maximum atomic E-state index is 13.9. The van der Waals surface area contributed by atoms with E-state index in [1.807, 2.05) is 6.07 Å². The van der Waals surface area contributed by atoms with Crippen molar-refractivity contribution in [2.45, 2.75) is 13.5 Å². The number of hydrogen-bond acceptors (Lipinski definition) is 3. The first-order valence-corrected chi connectivity index (χ1v) is 6.48. The molecule has 2 aromatic carbocycles. The van der Waals surface area contributed by atoms with Crippen LogP contribution in [0.5, 0.6) is 0 Å². The van der Waals surface area contributed by atoms with Crippen LogP contribution in [-0.2, 0) is 11.3 Å². The highest BCUT2D eigenvalue weighted by atomic mass is 19.1. The van der Waals surface area contributed by atoms with E-state index in [-0.39, 0.29) is 12.2 Å². The van der Waals surface area contributed by atoms with Crippen LogP contribution in [0.3, 0.4) is 0 Å². The Morgan fingerprint density at radius 1 is 1.23 bits per heavy atom. The number of aryl methyl sites for hydroxylation is 1. The number of amides is 1. The lowest BCUT2D eigenvalue weighted by molar-refractivity contribution is 0.0697. The summed E-state index contributed by atoms with van der Waals surface area (Å²) in [5, 5.41) is 11.2. The minimum Gasteiger partial charge on any atom is -0.478 e. The fourth-order valence-corrected chi connectivity index (χ4v) is 1.90. The summed E-state index contributed by atoms with van der Waals surface area (Å²) in [5.41, 5.74) is 0.476. The van der Waals surface area contributed by atoms with E-state index in [0.717, 1.165) is 11.6 Å². The molecule has 0 aliphatic rings. The van der Waals surface area contributed by atoms with Crippen LogP contribution in [0, 0.1) is 12.7 Å². The predicted octanol–water partition coefficient (Wildman–Crippen LogP) is 3.58. The zero-order chi connectivity index (χ0) is 16.1. The van der Waals surface area contributed by atoms with E-state index in [4.69, 9.17) is 9.84 Å². The normalized spacial score (nSPS) is 10.1. The molecule has 0 atom stereocenters. The van der Waals surface area contributed by atoms with Gasteiger partial charge in [0.25, 0.3) is 0 Å². The molecule has 0 spiro atoms. The zero-order valence-corrected chi connectivity index (χ0v) is 11.8. The molecule has 114 valence electrons. The zero-order valence-electron chi connectivity index (χ0n) is 11.8. The lowest BCUT2D eigenvalue weighted by Gasteiger charge is -2.11. The number of rotatable bonds is 4. The minimum atomic E-state index is -1.33. The predicted molar refractivity (Wildman–Crippen MR) is 78.3 cm³/mol. The quantitative estimate of drug-likeness (QED) is 0.905. The molecule has 0 radical (unpaired) electrons. The van der Waals surface area contributed by atoms with Gasteiger partial charge >= 0.3 is 12.1 Å². The third kappa shape index (κ3) is 3.82. The molecule has 0 saturated heterocycles. The lowest BCUT2D eigenvalue weighted by atomic mass is 10.1. The molecule has 0 fully saturated rings. The topological polar surface area (TPSA) is 75.6 Å². The Hall–Kier alpha value is -2.89. The number of aromatic carboxylic acids is 1. The smallest absolute Gasteiger partial charge is 0.412 e. The monoisotopic (exact) mass is 303 g/mol. The number of carbonyl (C=O) groups excluding carboxylic acids is 1. The van der Waals surface area contributed by atoms with Gasteiger partial charge in [0.1, 0.15) is 12.4 Å². The molecule has 22 heavy (non-hydrogen) atoms. The second kappa shape index (κ2) is 6.71. The van der Waals surface area contributed by atoms with Crippen molar-refractivity contribution in [3.05, 3.63) is 65.0 Å². The maximum Gasteiger partial charge on any atom is 0.412 e. The molecule has 2 aromatic rings. The summed E-state index contributed by atoms with van der Waals surface area (Å²) in [6.07, 6.45) is -0.922. The van der Waals surface area contributed by atoms with Crippen LogP contribution in [0.25, 0.3) is 0 Å². The van der Waals surface area contributed by atoms with Crippen molar-refractivity contribution >= 4 is 17.7 Å². The van der Waals surface area contributed by atoms with Crippen LogP contribution in [0.15, 0.2) is 42.5 Å². The Labute approximate surface area is 126 Å². The molecular formula is C16H14FNO4. The molecule has 1 amide bonds. The van der Waals surface area contributed by atoms with Gasteiger partial charge in [-0.15, -0.1) is 0 Å². The highest BCUT2D eigenvalue weighted by Gasteiger charge is 2.18. The molecule has 2 rings (SSSR count). The lowest BCUT2D eigenvalue weighted by Crippen LogP contribution is -2.17. The minimum absolute atomic E-state index is 0.00254. The summed E-state index contributed by atoms with van der Waals surface area (Å²) in [6.45, 7) is 1.57. The molecular weight excluding hydrogens is 289 g/mol. The Morgan fingerprint density at radius 2 is 1.91 bits per heavy atom. The number of hydrogen-bond donors (Lipinski definition) is 2. The SMILES string of the molecule is Cc1cc(F)c(NC(=O)OCc2ccccc2)c(C(=O)O)c1. The van der Waals surface area contributed by atoms with E-state index in [2.05, 4.69) is 5.32 Å². The van der Waals surface area contributed by atoms with Crippen molar-refractivity contribution in [3.63, 3.8) is 0 Å². The van der Waals surface area contributed by atoms with E-state index in [0.29, 0.717) is 5.56 Å². The Balaban J connectivity index is 2.10. The van der Waals surface area contributed by atoms with Gasteiger partial charge in [-0.1, -0.05) is 30.3 Å². The number of nitrogens with one attached hydrogen (secondary N) is 1. The van der Waals surface area contributed by atoms with Crippen molar-refractivity contribution in [1.29, 1.82) is 0 Å².